The van der Waals surface area contributed by atoms with Crippen LogP contribution in [-0.2, 0) is 0 Å². The number of aliphatic hydroxyl groups is 1. The molecule has 0 aromatic heterocycles. The smallest absolute Gasteiger partial charge is 0.191 e. The molecule has 0 spiro atoms. The van der Waals surface area contributed by atoms with Gasteiger partial charge in [-0.05, 0) is 56.3 Å². The third-order valence-electron chi connectivity index (χ3n) is 5.30. The molecule has 1 aromatic carbocycles. The topological polar surface area (TPSA) is 56.7 Å². The summed E-state index contributed by atoms with van der Waals surface area (Å²) in [6.45, 7) is 3.43. The van der Waals surface area contributed by atoms with Crippen LogP contribution in [0.2, 0.25) is 0 Å². The summed E-state index contributed by atoms with van der Waals surface area (Å²) in [4.78, 5) is 4.67. The minimum absolute atomic E-state index is 0.477. The van der Waals surface area contributed by atoms with Crippen molar-refractivity contribution in [3.63, 3.8) is 0 Å². The van der Waals surface area contributed by atoms with Gasteiger partial charge in [0.25, 0.3) is 0 Å². The van der Waals surface area contributed by atoms with E-state index >= 15 is 0 Å². The molecule has 1 saturated carbocycles. The maximum Gasteiger partial charge on any atom is 0.191 e. The first kappa shape index (κ1) is 18.6. The Morgan fingerprint density at radius 3 is 2.64 bits per heavy atom. The Bertz CT molecular complexity index is 549. The number of guanidine groups is 1. The number of hydrogen-bond donors (Lipinski definition) is 3. The van der Waals surface area contributed by atoms with Gasteiger partial charge >= 0.3 is 0 Å². The molecule has 1 atom stereocenters. The summed E-state index contributed by atoms with van der Waals surface area (Å²) in [5.74, 6) is 3.39. The van der Waals surface area contributed by atoms with Gasteiger partial charge in [-0.2, -0.15) is 11.8 Å². The van der Waals surface area contributed by atoms with Gasteiger partial charge in [-0.3, -0.25) is 4.99 Å². The number of rotatable bonds is 5. The van der Waals surface area contributed by atoms with Gasteiger partial charge in [-0.1, -0.05) is 30.3 Å². The van der Waals surface area contributed by atoms with Crippen LogP contribution in [0.1, 0.15) is 50.5 Å². The van der Waals surface area contributed by atoms with E-state index in [0.29, 0.717) is 18.5 Å². The van der Waals surface area contributed by atoms with Crippen molar-refractivity contribution in [2.75, 3.05) is 24.6 Å². The second-order valence-electron chi connectivity index (χ2n) is 7.33. The van der Waals surface area contributed by atoms with Crippen molar-refractivity contribution in [2.24, 2.45) is 4.99 Å². The number of nitrogens with zero attached hydrogens (tertiary/aromatic N) is 1. The van der Waals surface area contributed by atoms with E-state index in [1.165, 1.54) is 31.2 Å². The zero-order valence-electron chi connectivity index (χ0n) is 15.2. The predicted octanol–water partition coefficient (Wildman–Crippen LogP) is 3.14. The van der Waals surface area contributed by atoms with Gasteiger partial charge in [0.05, 0.1) is 12.1 Å². The molecule has 3 N–H and O–H groups in total. The Labute approximate surface area is 155 Å². The van der Waals surface area contributed by atoms with Crippen molar-refractivity contribution >= 4 is 17.7 Å². The van der Waals surface area contributed by atoms with Crippen LogP contribution in [0.5, 0.6) is 0 Å². The molecular weight excluding hydrogens is 330 g/mol. The molecule has 1 aromatic rings. The van der Waals surface area contributed by atoms with Gasteiger partial charge in [-0.15, -0.1) is 0 Å². The molecule has 0 amide bonds. The summed E-state index contributed by atoms with van der Waals surface area (Å²) in [6.07, 6.45) is 5.64. The quantitative estimate of drug-likeness (QED) is 0.557. The summed E-state index contributed by atoms with van der Waals surface area (Å²) in [5, 5.41) is 17.4. The summed E-state index contributed by atoms with van der Waals surface area (Å²) in [6, 6.07) is 11.4. The van der Waals surface area contributed by atoms with Crippen molar-refractivity contribution in [1.29, 1.82) is 0 Å². The molecule has 5 heteroatoms. The van der Waals surface area contributed by atoms with E-state index in [9.17, 15) is 5.11 Å². The highest BCUT2D eigenvalue weighted by atomic mass is 32.2. The molecule has 1 aliphatic heterocycles. The van der Waals surface area contributed by atoms with Crippen molar-refractivity contribution in [3.05, 3.63) is 35.9 Å². The van der Waals surface area contributed by atoms with Crippen LogP contribution in [-0.4, -0.2) is 47.3 Å². The molecule has 1 aliphatic carbocycles. The van der Waals surface area contributed by atoms with Crippen LogP contribution >= 0.6 is 11.8 Å². The van der Waals surface area contributed by atoms with Crippen LogP contribution < -0.4 is 10.6 Å². The lowest BCUT2D eigenvalue weighted by Crippen LogP contribution is -2.45. The number of thioether (sulfide) groups is 1. The predicted molar refractivity (Wildman–Crippen MR) is 107 cm³/mol. The number of benzene rings is 1. The van der Waals surface area contributed by atoms with Crippen LogP contribution in [0.15, 0.2) is 35.3 Å². The lowest BCUT2D eigenvalue weighted by molar-refractivity contribution is 0.0778. The highest BCUT2D eigenvalue weighted by Crippen LogP contribution is 2.32. The molecule has 1 unspecified atom stereocenters. The summed E-state index contributed by atoms with van der Waals surface area (Å²) in [5.41, 5.74) is 0.861. The molecule has 2 aliphatic rings. The Balaban J connectivity index is 1.51. The van der Waals surface area contributed by atoms with Gasteiger partial charge in [0.1, 0.15) is 0 Å². The average molecular weight is 362 g/mol. The molecule has 3 rings (SSSR count). The summed E-state index contributed by atoms with van der Waals surface area (Å²) in [7, 11) is 0. The lowest BCUT2D eigenvalue weighted by Gasteiger charge is -2.30. The second kappa shape index (κ2) is 8.95. The molecule has 1 saturated heterocycles. The van der Waals surface area contributed by atoms with Crippen molar-refractivity contribution < 1.29 is 5.11 Å². The van der Waals surface area contributed by atoms with Crippen molar-refractivity contribution in [3.8, 4) is 0 Å². The Morgan fingerprint density at radius 2 is 2.00 bits per heavy atom. The second-order valence-corrected chi connectivity index (χ2v) is 8.43. The highest BCUT2D eigenvalue weighted by Gasteiger charge is 2.31. The van der Waals surface area contributed by atoms with Crippen LogP contribution in [0.4, 0.5) is 0 Å². The largest absolute Gasteiger partial charge is 0.387 e. The summed E-state index contributed by atoms with van der Waals surface area (Å²) >= 11 is 1.82. The maximum atomic E-state index is 10.5. The third-order valence-corrected chi connectivity index (χ3v) is 6.53. The van der Waals surface area contributed by atoms with E-state index < -0.39 is 5.60 Å². The van der Waals surface area contributed by atoms with E-state index in [1.807, 2.05) is 11.8 Å². The maximum absolute atomic E-state index is 10.5. The molecule has 2 fully saturated rings. The van der Waals surface area contributed by atoms with Gasteiger partial charge in [0.15, 0.2) is 5.96 Å². The molecule has 25 heavy (non-hydrogen) atoms. The Kier molecular flexibility index (Phi) is 6.65. The molecular formula is C20H31N3OS. The molecule has 4 nitrogen and oxygen atoms in total. The zero-order chi connectivity index (χ0) is 17.5. The zero-order valence-corrected chi connectivity index (χ0v) is 16.0. The van der Waals surface area contributed by atoms with Crippen LogP contribution in [0.3, 0.4) is 0 Å². The van der Waals surface area contributed by atoms with Gasteiger partial charge in [0, 0.05) is 18.3 Å². The van der Waals surface area contributed by atoms with E-state index in [1.54, 1.807) is 0 Å². The van der Waals surface area contributed by atoms with E-state index in [4.69, 9.17) is 0 Å². The lowest BCUT2D eigenvalue weighted by atomic mass is 9.82. The van der Waals surface area contributed by atoms with Crippen molar-refractivity contribution in [1.82, 2.24) is 10.6 Å². The molecule has 0 radical (unpaired) electrons. The third kappa shape index (κ3) is 5.38. The normalized spacial score (nSPS) is 30.2. The van der Waals surface area contributed by atoms with Crippen molar-refractivity contribution in [2.45, 2.75) is 56.6 Å². The van der Waals surface area contributed by atoms with Gasteiger partial charge in [0.2, 0.25) is 0 Å². The fourth-order valence-electron chi connectivity index (χ4n) is 3.76. The van der Waals surface area contributed by atoms with E-state index in [2.05, 4.69) is 52.9 Å². The number of nitrogens with one attached hydrogen (secondary N) is 2. The molecule has 1 heterocycles. The first-order valence-electron chi connectivity index (χ1n) is 9.58. The standard InChI is InChI=1S/C20H31N3OS/c1-2-21-19(22-14-20(24)12-13-25-15-20)23-18-10-8-17(9-11-18)16-6-4-3-5-7-16/h3-7,17-18,24H,2,8-15H2,1H3,(H2,21,22,23). The van der Waals surface area contributed by atoms with Gasteiger partial charge < -0.3 is 15.7 Å². The monoisotopic (exact) mass is 361 g/mol. The Morgan fingerprint density at radius 1 is 1.24 bits per heavy atom. The molecule has 138 valence electrons. The van der Waals surface area contributed by atoms with Crippen LogP contribution in [0, 0.1) is 0 Å². The summed E-state index contributed by atoms with van der Waals surface area (Å²) < 4.78 is 0. The number of hydrogen-bond acceptors (Lipinski definition) is 3. The van der Waals surface area contributed by atoms with E-state index in [0.717, 1.165) is 30.4 Å². The SMILES string of the molecule is CCNC(=NCC1(O)CCSC1)NC1CCC(c2ccccc2)CC1. The molecule has 0 bridgehead atoms. The first-order valence-corrected chi connectivity index (χ1v) is 10.7. The number of aliphatic imine (C=N–C) groups is 1. The van der Waals surface area contributed by atoms with E-state index in [-0.39, 0.29) is 0 Å². The fraction of sp³-hybridized carbons (Fsp3) is 0.650. The van der Waals surface area contributed by atoms with Gasteiger partial charge in [-0.25, -0.2) is 0 Å². The first-order chi connectivity index (χ1) is 12.2. The Hall–Kier alpha value is -1.20. The fourth-order valence-corrected chi connectivity index (χ4v) is 5.04. The highest BCUT2D eigenvalue weighted by molar-refractivity contribution is 7.99. The minimum atomic E-state index is -0.613. The minimum Gasteiger partial charge on any atom is -0.387 e. The van der Waals surface area contributed by atoms with Crippen LogP contribution in [0.25, 0.3) is 0 Å². The average Bonchev–Trinajstić information content (AvgIpc) is 3.08.